The van der Waals surface area contributed by atoms with E-state index in [1.54, 1.807) is 26.0 Å². The summed E-state index contributed by atoms with van der Waals surface area (Å²) in [5.41, 5.74) is 0.677. The first-order chi connectivity index (χ1) is 13.0. The van der Waals surface area contributed by atoms with Crippen LogP contribution in [-0.2, 0) is 13.1 Å². The van der Waals surface area contributed by atoms with E-state index in [0.717, 1.165) is 15.7 Å². The van der Waals surface area contributed by atoms with Crippen molar-refractivity contribution in [1.29, 1.82) is 0 Å². The summed E-state index contributed by atoms with van der Waals surface area (Å²) in [6, 6.07) is 15.2. The van der Waals surface area contributed by atoms with E-state index < -0.39 is 11.4 Å². The fourth-order valence-corrected chi connectivity index (χ4v) is 2.78. The van der Waals surface area contributed by atoms with Crippen molar-refractivity contribution in [1.82, 2.24) is 14.1 Å². The molecule has 1 N–H and O–H groups in total. The molecule has 0 saturated heterocycles. The zero-order chi connectivity index (χ0) is 19.4. The van der Waals surface area contributed by atoms with Crippen LogP contribution in [0.4, 0.5) is 10.3 Å². The van der Waals surface area contributed by atoms with Crippen molar-refractivity contribution in [2.75, 3.05) is 5.32 Å². The van der Waals surface area contributed by atoms with Crippen molar-refractivity contribution in [3.05, 3.63) is 92.5 Å². The molecule has 7 heteroatoms. The lowest BCUT2D eigenvalue weighted by Crippen LogP contribution is -2.43. The maximum atomic E-state index is 13.2. The third kappa shape index (κ3) is 4.31. The van der Waals surface area contributed by atoms with Crippen LogP contribution in [0.15, 0.2) is 64.2 Å². The molecule has 2 aromatic carbocycles. The molecule has 0 radical (unpaired) electrons. The van der Waals surface area contributed by atoms with Crippen LogP contribution in [0.3, 0.4) is 0 Å². The first-order valence-corrected chi connectivity index (χ1v) is 8.71. The predicted octanol–water partition coefficient (Wildman–Crippen LogP) is 2.79. The van der Waals surface area contributed by atoms with E-state index >= 15 is 0 Å². The molecule has 0 fully saturated rings. The highest BCUT2D eigenvalue weighted by atomic mass is 19.1. The number of hydrogen-bond acceptors (Lipinski definition) is 4. The van der Waals surface area contributed by atoms with E-state index in [9.17, 15) is 14.0 Å². The van der Waals surface area contributed by atoms with Gasteiger partial charge in [0.15, 0.2) is 0 Å². The molecule has 0 amide bonds. The van der Waals surface area contributed by atoms with Gasteiger partial charge in [-0.1, -0.05) is 42.5 Å². The topological polar surface area (TPSA) is 68.9 Å². The lowest BCUT2D eigenvalue weighted by molar-refractivity contribution is 0.495. The quantitative estimate of drug-likeness (QED) is 0.726. The van der Waals surface area contributed by atoms with Crippen molar-refractivity contribution < 1.29 is 4.39 Å². The van der Waals surface area contributed by atoms with Crippen LogP contribution >= 0.6 is 0 Å². The van der Waals surface area contributed by atoms with Gasteiger partial charge >= 0.3 is 11.4 Å². The average Bonchev–Trinajstić information content (AvgIpc) is 2.64. The van der Waals surface area contributed by atoms with E-state index in [2.05, 4.69) is 10.3 Å². The summed E-state index contributed by atoms with van der Waals surface area (Å²) in [7, 11) is 0. The fraction of sp³-hybridized carbons (Fsp3) is 0.250. The van der Waals surface area contributed by atoms with E-state index in [0.29, 0.717) is 6.54 Å². The van der Waals surface area contributed by atoms with Crippen molar-refractivity contribution in [3.63, 3.8) is 0 Å². The molecule has 1 heterocycles. The van der Waals surface area contributed by atoms with E-state index in [1.807, 2.05) is 30.3 Å². The molecular formula is C20H21FN4O2. The summed E-state index contributed by atoms with van der Waals surface area (Å²) in [5.74, 6) is -0.158. The Bertz CT molecular complexity index is 1020. The van der Waals surface area contributed by atoms with E-state index in [4.69, 9.17) is 0 Å². The number of nitrogens with zero attached hydrogens (tertiary/aromatic N) is 3. The standard InChI is InChI=1S/C20H21FN4O2/c1-14(2)25-19(26)23-18(22-12-15-6-4-3-5-7-15)24(20(25)27)13-16-8-10-17(21)11-9-16/h3-11,14H,12-13H2,1-2H3,(H,22,23,26). The van der Waals surface area contributed by atoms with Crippen LogP contribution in [0.5, 0.6) is 0 Å². The smallest absolute Gasteiger partial charge is 0.351 e. The number of rotatable bonds is 6. The van der Waals surface area contributed by atoms with Gasteiger partial charge in [0, 0.05) is 12.6 Å². The summed E-state index contributed by atoms with van der Waals surface area (Å²) < 4.78 is 15.7. The minimum atomic E-state index is -0.596. The summed E-state index contributed by atoms with van der Waals surface area (Å²) >= 11 is 0. The van der Waals surface area contributed by atoms with Crippen LogP contribution in [-0.4, -0.2) is 14.1 Å². The van der Waals surface area contributed by atoms with Gasteiger partial charge < -0.3 is 5.32 Å². The first kappa shape index (κ1) is 18.6. The lowest BCUT2D eigenvalue weighted by Gasteiger charge is -2.17. The minimum absolute atomic E-state index is 0.177. The SMILES string of the molecule is CC(C)n1c(=O)nc(NCc2ccccc2)n(Cc2ccc(F)cc2)c1=O. The Morgan fingerprint density at radius 2 is 1.67 bits per heavy atom. The van der Waals surface area contributed by atoms with Gasteiger partial charge in [-0.2, -0.15) is 4.98 Å². The number of anilines is 1. The summed E-state index contributed by atoms with van der Waals surface area (Å²) in [6.07, 6.45) is 0. The van der Waals surface area contributed by atoms with Gasteiger partial charge in [0.2, 0.25) is 5.95 Å². The van der Waals surface area contributed by atoms with Crippen molar-refractivity contribution in [3.8, 4) is 0 Å². The molecule has 0 saturated carbocycles. The molecule has 0 atom stereocenters. The Morgan fingerprint density at radius 1 is 1.00 bits per heavy atom. The number of benzene rings is 2. The average molecular weight is 368 g/mol. The number of aromatic nitrogens is 3. The third-order valence-electron chi connectivity index (χ3n) is 4.16. The highest BCUT2D eigenvalue weighted by Gasteiger charge is 2.15. The van der Waals surface area contributed by atoms with E-state index in [-0.39, 0.29) is 24.4 Å². The predicted molar refractivity (Wildman–Crippen MR) is 102 cm³/mol. The van der Waals surface area contributed by atoms with Gasteiger partial charge in [-0.05, 0) is 37.1 Å². The molecule has 0 bridgehead atoms. The monoisotopic (exact) mass is 368 g/mol. The Balaban J connectivity index is 2.01. The van der Waals surface area contributed by atoms with Crippen molar-refractivity contribution >= 4 is 5.95 Å². The second kappa shape index (κ2) is 7.99. The molecule has 3 rings (SSSR count). The highest BCUT2D eigenvalue weighted by molar-refractivity contribution is 5.29. The number of halogens is 1. The molecule has 0 aliphatic heterocycles. The molecule has 0 aliphatic carbocycles. The van der Waals surface area contributed by atoms with Crippen LogP contribution in [0, 0.1) is 5.82 Å². The Morgan fingerprint density at radius 3 is 2.30 bits per heavy atom. The Kier molecular flexibility index (Phi) is 5.49. The largest absolute Gasteiger partial charge is 0.355 e. The minimum Gasteiger partial charge on any atom is -0.351 e. The van der Waals surface area contributed by atoms with Gasteiger partial charge in [-0.15, -0.1) is 0 Å². The molecule has 3 aromatic rings. The van der Waals surface area contributed by atoms with Gasteiger partial charge in [0.1, 0.15) is 5.82 Å². The summed E-state index contributed by atoms with van der Waals surface area (Å²) in [6.45, 7) is 4.10. The van der Waals surface area contributed by atoms with Gasteiger partial charge in [-0.3, -0.25) is 4.57 Å². The lowest BCUT2D eigenvalue weighted by atomic mass is 10.2. The van der Waals surface area contributed by atoms with Crippen LogP contribution in [0.1, 0.15) is 31.0 Å². The molecule has 0 spiro atoms. The zero-order valence-corrected chi connectivity index (χ0v) is 15.2. The van der Waals surface area contributed by atoms with Gasteiger partial charge in [0.05, 0.1) is 6.54 Å². The zero-order valence-electron chi connectivity index (χ0n) is 15.2. The normalized spacial score (nSPS) is 11.0. The van der Waals surface area contributed by atoms with Gasteiger partial charge in [-0.25, -0.2) is 18.5 Å². The third-order valence-corrected chi connectivity index (χ3v) is 4.16. The Hall–Kier alpha value is -3.22. The number of nitrogens with one attached hydrogen (secondary N) is 1. The second-order valence-electron chi connectivity index (χ2n) is 6.52. The fourth-order valence-electron chi connectivity index (χ4n) is 2.78. The van der Waals surface area contributed by atoms with Crippen LogP contribution < -0.4 is 16.7 Å². The molecule has 6 nitrogen and oxygen atoms in total. The molecule has 1 aromatic heterocycles. The number of hydrogen-bond donors (Lipinski definition) is 1. The summed E-state index contributed by atoms with van der Waals surface area (Å²) in [4.78, 5) is 29.3. The molecule has 140 valence electrons. The van der Waals surface area contributed by atoms with Crippen LogP contribution in [0.25, 0.3) is 0 Å². The highest BCUT2D eigenvalue weighted by Crippen LogP contribution is 2.09. The van der Waals surface area contributed by atoms with Crippen molar-refractivity contribution in [2.45, 2.75) is 33.0 Å². The molecule has 27 heavy (non-hydrogen) atoms. The van der Waals surface area contributed by atoms with E-state index in [1.165, 1.54) is 16.7 Å². The maximum absolute atomic E-state index is 13.2. The second-order valence-corrected chi connectivity index (χ2v) is 6.52. The molecule has 0 aliphatic rings. The Labute approximate surface area is 155 Å². The summed E-state index contributed by atoms with van der Waals surface area (Å²) in [5, 5.41) is 3.07. The first-order valence-electron chi connectivity index (χ1n) is 8.71. The maximum Gasteiger partial charge on any atom is 0.355 e. The van der Waals surface area contributed by atoms with Gasteiger partial charge in [0.25, 0.3) is 0 Å². The molecule has 0 unspecified atom stereocenters. The molecular weight excluding hydrogens is 347 g/mol. The van der Waals surface area contributed by atoms with Crippen LogP contribution in [0.2, 0.25) is 0 Å². The van der Waals surface area contributed by atoms with Crippen molar-refractivity contribution in [2.24, 2.45) is 0 Å².